The molecule has 1 heterocycles. The Morgan fingerprint density at radius 2 is 1.70 bits per heavy atom. The lowest BCUT2D eigenvalue weighted by Crippen LogP contribution is -2.49. The number of benzene rings is 2. The number of amides is 2. The maximum atomic E-state index is 12.8. The molecule has 0 saturated carbocycles. The van der Waals surface area contributed by atoms with Crippen molar-refractivity contribution in [1.29, 1.82) is 0 Å². The van der Waals surface area contributed by atoms with Crippen LogP contribution in [0.5, 0.6) is 0 Å². The summed E-state index contributed by atoms with van der Waals surface area (Å²) in [5.74, 6) is -1.26. The molecular weight excluding hydrogens is 357 g/mol. The first kappa shape index (κ1) is 16.2. The standard InChI is InChI=1S/C16H11Cl2NO3S/c17-12-7-6-11(8-13(12)18)19-14(20)9-23(22)15(16(19)21)10-4-2-1-3-5-10/h1-8,15H,9H2/t15-,23-/m0/s1. The molecule has 1 fully saturated rings. The van der Waals surface area contributed by atoms with Gasteiger partial charge in [0.2, 0.25) is 5.91 Å². The van der Waals surface area contributed by atoms with Gasteiger partial charge in [-0.3, -0.25) is 13.8 Å². The first-order chi connectivity index (χ1) is 11.0. The van der Waals surface area contributed by atoms with Crippen LogP contribution in [0.4, 0.5) is 5.69 Å². The van der Waals surface area contributed by atoms with Crippen molar-refractivity contribution in [2.75, 3.05) is 10.7 Å². The normalized spacial score (nSPS) is 21.6. The maximum Gasteiger partial charge on any atom is 0.254 e. The fourth-order valence-electron chi connectivity index (χ4n) is 2.44. The molecule has 0 unspecified atom stereocenters. The molecule has 2 amide bonds. The summed E-state index contributed by atoms with van der Waals surface area (Å²) in [5, 5.41) is -0.299. The Kier molecular flexibility index (Phi) is 4.53. The predicted molar refractivity (Wildman–Crippen MR) is 91.1 cm³/mol. The number of carbonyl (C=O) groups excluding carboxylic acids is 2. The van der Waals surface area contributed by atoms with Gasteiger partial charge in [0.05, 0.1) is 15.7 Å². The Balaban J connectivity index is 2.03. The van der Waals surface area contributed by atoms with Gasteiger partial charge in [0.25, 0.3) is 5.91 Å². The second kappa shape index (κ2) is 6.43. The van der Waals surface area contributed by atoms with Crippen molar-refractivity contribution in [3.8, 4) is 0 Å². The van der Waals surface area contributed by atoms with Gasteiger partial charge < -0.3 is 0 Å². The van der Waals surface area contributed by atoms with Gasteiger partial charge in [0.1, 0.15) is 11.0 Å². The Morgan fingerprint density at radius 3 is 2.35 bits per heavy atom. The van der Waals surface area contributed by atoms with Crippen LogP contribution in [0.15, 0.2) is 48.5 Å². The largest absolute Gasteiger partial charge is 0.273 e. The second-order valence-electron chi connectivity index (χ2n) is 4.98. The Bertz CT molecular complexity index is 810. The molecule has 23 heavy (non-hydrogen) atoms. The third-order valence-electron chi connectivity index (χ3n) is 3.49. The number of anilines is 1. The van der Waals surface area contributed by atoms with Crippen LogP contribution in [0.25, 0.3) is 0 Å². The van der Waals surface area contributed by atoms with E-state index in [4.69, 9.17) is 23.2 Å². The number of rotatable bonds is 2. The number of hydrogen-bond acceptors (Lipinski definition) is 3. The summed E-state index contributed by atoms with van der Waals surface area (Å²) in [6.45, 7) is 0. The average Bonchev–Trinajstić information content (AvgIpc) is 2.51. The minimum atomic E-state index is -1.59. The van der Waals surface area contributed by atoms with E-state index in [1.165, 1.54) is 12.1 Å². The monoisotopic (exact) mass is 367 g/mol. The molecule has 1 aliphatic rings. The van der Waals surface area contributed by atoms with Crippen LogP contribution < -0.4 is 4.90 Å². The summed E-state index contributed by atoms with van der Waals surface area (Å²) in [4.78, 5) is 26.0. The highest BCUT2D eigenvalue weighted by atomic mass is 35.5. The van der Waals surface area contributed by atoms with Gasteiger partial charge in [0, 0.05) is 10.8 Å². The zero-order valence-electron chi connectivity index (χ0n) is 11.7. The summed E-state index contributed by atoms with van der Waals surface area (Å²) in [7, 11) is -1.59. The highest BCUT2D eigenvalue weighted by molar-refractivity contribution is 7.87. The molecule has 0 bridgehead atoms. The molecule has 0 aromatic heterocycles. The van der Waals surface area contributed by atoms with Crippen molar-refractivity contribution in [1.82, 2.24) is 0 Å². The highest BCUT2D eigenvalue weighted by Gasteiger charge is 2.41. The molecule has 2 atom stereocenters. The lowest BCUT2D eigenvalue weighted by Gasteiger charge is -2.30. The smallest absolute Gasteiger partial charge is 0.254 e. The van der Waals surface area contributed by atoms with Gasteiger partial charge in [-0.2, -0.15) is 0 Å². The molecule has 7 heteroatoms. The van der Waals surface area contributed by atoms with Crippen LogP contribution >= 0.6 is 23.2 Å². The molecule has 1 saturated heterocycles. The number of imide groups is 1. The third-order valence-corrected chi connectivity index (χ3v) is 5.76. The summed E-state index contributed by atoms with van der Waals surface area (Å²) in [5.41, 5.74) is 0.945. The molecular formula is C16H11Cl2NO3S. The van der Waals surface area contributed by atoms with Crippen LogP contribution in [0, 0.1) is 0 Å². The molecule has 0 aliphatic carbocycles. The minimum absolute atomic E-state index is 0.217. The van der Waals surface area contributed by atoms with E-state index in [-0.39, 0.29) is 10.8 Å². The van der Waals surface area contributed by atoms with Crippen LogP contribution in [0.2, 0.25) is 10.0 Å². The van der Waals surface area contributed by atoms with E-state index in [1.54, 1.807) is 30.3 Å². The van der Waals surface area contributed by atoms with E-state index in [1.807, 2.05) is 6.07 Å². The van der Waals surface area contributed by atoms with Gasteiger partial charge in [-0.25, -0.2) is 4.90 Å². The molecule has 0 spiro atoms. The second-order valence-corrected chi connectivity index (χ2v) is 7.32. The molecule has 2 aromatic carbocycles. The molecule has 0 N–H and O–H groups in total. The zero-order valence-corrected chi connectivity index (χ0v) is 14.1. The van der Waals surface area contributed by atoms with Crippen LogP contribution in [-0.4, -0.2) is 21.8 Å². The zero-order chi connectivity index (χ0) is 16.6. The van der Waals surface area contributed by atoms with Gasteiger partial charge in [-0.05, 0) is 23.8 Å². The van der Waals surface area contributed by atoms with Gasteiger partial charge in [-0.1, -0.05) is 53.5 Å². The van der Waals surface area contributed by atoms with E-state index in [2.05, 4.69) is 0 Å². The van der Waals surface area contributed by atoms with Crippen LogP contribution in [0.1, 0.15) is 10.8 Å². The first-order valence-electron chi connectivity index (χ1n) is 6.73. The molecule has 118 valence electrons. The van der Waals surface area contributed by atoms with Crippen LogP contribution in [0.3, 0.4) is 0 Å². The average molecular weight is 368 g/mol. The summed E-state index contributed by atoms with van der Waals surface area (Å²) >= 11 is 11.8. The van der Waals surface area contributed by atoms with E-state index >= 15 is 0 Å². The lowest BCUT2D eigenvalue weighted by atomic mass is 10.1. The topological polar surface area (TPSA) is 54.5 Å². The lowest BCUT2D eigenvalue weighted by molar-refractivity contribution is -0.125. The van der Waals surface area contributed by atoms with E-state index in [9.17, 15) is 13.8 Å². The summed E-state index contributed by atoms with van der Waals surface area (Å²) in [6.07, 6.45) is 0. The Hall–Kier alpha value is -1.69. The highest BCUT2D eigenvalue weighted by Crippen LogP contribution is 2.33. The van der Waals surface area contributed by atoms with Crippen molar-refractivity contribution in [3.63, 3.8) is 0 Å². The predicted octanol–water partition coefficient (Wildman–Crippen LogP) is 3.36. The summed E-state index contributed by atoms with van der Waals surface area (Å²) in [6, 6.07) is 13.3. The number of carbonyl (C=O) groups is 2. The van der Waals surface area contributed by atoms with Crippen molar-refractivity contribution in [2.24, 2.45) is 0 Å². The number of hydrogen-bond donors (Lipinski definition) is 0. The molecule has 0 radical (unpaired) electrons. The van der Waals surface area contributed by atoms with Crippen molar-refractivity contribution in [3.05, 3.63) is 64.1 Å². The quantitative estimate of drug-likeness (QED) is 0.764. The molecule has 3 rings (SSSR count). The van der Waals surface area contributed by atoms with E-state index in [0.29, 0.717) is 16.3 Å². The maximum absolute atomic E-state index is 12.8. The number of nitrogens with zero attached hydrogens (tertiary/aromatic N) is 1. The van der Waals surface area contributed by atoms with Crippen LogP contribution in [-0.2, 0) is 20.4 Å². The third kappa shape index (κ3) is 3.04. The van der Waals surface area contributed by atoms with Gasteiger partial charge >= 0.3 is 0 Å². The SMILES string of the molecule is O=C1C[S@](=O)[C@@H](c2ccccc2)C(=O)N1c1ccc(Cl)c(Cl)c1. The van der Waals surface area contributed by atoms with E-state index < -0.39 is 27.9 Å². The van der Waals surface area contributed by atoms with Crippen molar-refractivity contribution < 1.29 is 13.8 Å². The van der Waals surface area contributed by atoms with Crippen molar-refractivity contribution in [2.45, 2.75) is 5.25 Å². The Labute approximate surface area is 145 Å². The molecule has 1 aliphatic heterocycles. The molecule has 4 nitrogen and oxygen atoms in total. The van der Waals surface area contributed by atoms with Crippen molar-refractivity contribution >= 4 is 51.5 Å². The van der Waals surface area contributed by atoms with Gasteiger partial charge in [-0.15, -0.1) is 0 Å². The summed E-state index contributed by atoms with van der Waals surface area (Å²) < 4.78 is 12.3. The number of halogens is 2. The van der Waals surface area contributed by atoms with E-state index in [0.717, 1.165) is 4.90 Å². The minimum Gasteiger partial charge on any atom is -0.273 e. The molecule has 2 aromatic rings. The van der Waals surface area contributed by atoms with Gasteiger partial charge in [0.15, 0.2) is 0 Å². The fraction of sp³-hybridized carbons (Fsp3) is 0.125. The fourth-order valence-corrected chi connectivity index (χ4v) is 4.06. The Morgan fingerprint density at radius 1 is 1.00 bits per heavy atom. The first-order valence-corrected chi connectivity index (χ1v) is 8.87.